The van der Waals surface area contributed by atoms with E-state index in [1.165, 1.54) is 16.0 Å². The number of aryl methyl sites for hydroxylation is 2. The first-order chi connectivity index (χ1) is 8.06. The first-order valence-electron chi connectivity index (χ1n) is 5.33. The van der Waals surface area contributed by atoms with E-state index >= 15 is 0 Å². The van der Waals surface area contributed by atoms with E-state index in [4.69, 9.17) is 11.5 Å². The van der Waals surface area contributed by atoms with E-state index in [1.54, 1.807) is 17.8 Å². The summed E-state index contributed by atoms with van der Waals surface area (Å²) in [5, 5.41) is 0.866. The SMILES string of the molecule is Cc1ccc(C)c(Sc2ccc(N)c(N)n2)c1. The molecule has 0 radical (unpaired) electrons. The van der Waals surface area contributed by atoms with Crippen molar-refractivity contribution in [1.29, 1.82) is 0 Å². The van der Waals surface area contributed by atoms with Crippen LogP contribution in [0, 0.1) is 13.8 Å². The Hall–Kier alpha value is -1.68. The van der Waals surface area contributed by atoms with Crippen molar-refractivity contribution in [1.82, 2.24) is 4.98 Å². The predicted molar refractivity (Wildman–Crippen MR) is 73.1 cm³/mol. The number of anilines is 2. The third-order valence-corrected chi connectivity index (χ3v) is 3.59. The number of aromatic nitrogens is 1. The highest BCUT2D eigenvalue weighted by atomic mass is 32.2. The molecule has 2 aromatic rings. The van der Waals surface area contributed by atoms with Gasteiger partial charge in [0.1, 0.15) is 10.8 Å². The molecule has 17 heavy (non-hydrogen) atoms. The molecular formula is C13H15N3S. The summed E-state index contributed by atoms with van der Waals surface area (Å²) in [7, 11) is 0. The van der Waals surface area contributed by atoms with E-state index in [0.717, 1.165) is 5.03 Å². The van der Waals surface area contributed by atoms with Gasteiger partial charge >= 0.3 is 0 Å². The third-order valence-electron chi connectivity index (χ3n) is 2.49. The fourth-order valence-electron chi connectivity index (χ4n) is 1.45. The van der Waals surface area contributed by atoms with Gasteiger partial charge in [0.05, 0.1) is 5.69 Å². The Morgan fingerprint density at radius 2 is 1.82 bits per heavy atom. The van der Waals surface area contributed by atoms with Gasteiger partial charge < -0.3 is 11.5 Å². The zero-order valence-corrected chi connectivity index (χ0v) is 10.7. The van der Waals surface area contributed by atoms with Crippen LogP contribution in [0.5, 0.6) is 0 Å². The summed E-state index contributed by atoms with van der Waals surface area (Å²) in [6.45, 7) is 4.16. The molecule has 0 fully saturated rings. The lowest BCUT2D eigenvalue weighted by Crippen LogP contribution is -1.98. The Morgan fingerprint density at radius 3 is 2.53 bits per heavy atom. The van der Waals surface area contributed by atoms with Crippen molar-refractivity contribution in [3.63, 3.8) is 0 Å². The molecule has 0 atom stereocenters. The number of hydrogen-bond acceptors (Lipinski definition) is 4. The fourth-order valence-corrected chi connectivity index (χ4v) is 2.43. The van der Waals surface area contributed by atoms with Crippen LogP contribution in [0.15, 0.2) is 40.3 Å². The average Bonchev–Trinajstić information content (AvgIpc) is 2.29. The van der Waals surface area contributed by atoms with Crippen molar-refractivity contribution in [2.24, 2.45) is 0 Å². The van der Waals surface area contributed by atoms with Gasteiger partial charge in [0.2, 0.25) is 0 Å². The Labute approximate surface area is 105 Å². The maximum absolute atomic E-state index is 5.69. The molecule has 0 saturated heterocycles. The largest absolute Gasteiger partial charge is 0.396 e. The molecule has 88 valence electrons. The topological polar surface area (TPSA) is 64.9 Å². The van der Waals surface area contributed by atoms with Gasteiger partial charge in [-0.1, -0.05) is 23.9 Å². The molecule has 0 aliphatic carbocycles. The highest BCUT2D eigenvalue weighted by molar-refractivity contribution is 7.99. The molecule has 4 N–H and O–H groups in total. The number of rotatable bonds is 2. The Balaban J connectivity index is 2.31. The second-order valence-electron chi connectivity index (χ2n) is 3.99. The molecule has 0 bridgehead atoms. The zero-order valence-electron chi connectivity index (χ0n) is 9.90. The van der Waals surface area contributed by atoms with Gasteiger partial charge in [-0.15, -0.1) is 0 Å². The number of nitrogens with two attached hydrogens (primary N) is 2. The maximum Gasteiger partial charge on any atom is 0.147 e. The van der Waals surface area contributed by atoms with E-state index in [2.05, 4.69) is 37.0 Å². The molecule has 1 aromatic heterocycles. The number of benzene rings is 1. The second kappa shape index (κ2) is 4.67. The van der Waals surface area contributed by atoms with Crippen molar-refractivity contribution in [2.45, 2.75) is 23.8 Å². The summed E-state index contributed by atoms with van der Waals surface area (Å²) >= 11 is 1.60. The normalized spacial score (nSPS) is 10.5. The van der Waals surface area contributed by atoms with E-state index in [1.807, 2.05) is 6.07 Å². The molecule has 0 spiro atoms. The van der Waals surface area contributed by atoms with Crippen LogP contribution in [0.2, 0.25) is 0 Å². The summed E-state index contributed by atoms with van der Waals surface area (Å²) in [5.74, 6) is 0.389. The van der Waals surface area contributed by atoms with Crippen LogP contribution in [0.25, 0.3) is 0 Å². The van der Waals surface area contributed by atoms with Gasteiger partial charge in [-0.05, 0) is 43.2 Å². The molecule has 0 amide bonds. The molecule has 3 nitrogen and oxygen atoms in total. The van der Waals surface area contributed by atoms with Crippen LogP contribution >= 0.6 is 11.8 Å². The predicted octanol–water partition coefficient (Wildman–Crippen LogP) is 3.01. The number of nitrogen functional groups attached to an aromatic ring is 2. The molecule has 0 aliphatic rings. The van der Waals surface area contributed by atoms with Gasteiger partial charge in [-0.25, -0.2) is 4.98 Å². The molecule has 0 saturated carbocycles. The highest BCUT2D eigenvalue weighted by Crippen LogP contribution is 2.30. The van der Waals surface area contributed by atoms with Crippen LogP contribution in [-0.2, 0) is 0 Å². The maximum atomic E-state index is 5.69. The quantitative estimate of drug-likeness (QED) is 0.853. The summed E-state index contributed by atoms with van der Waals surface area (Å²) in [6.07, 6.45) is 0. The van der Waals surface area contributed by atoms with Crippen molar-refractivity contribution in [2.75, 3.05) is 11.5 Å². The molecule has 4 heteroatoms. The molecular weight excluding hydrogens is 230 g/mol. The van der Waals surface area contributed by atoms with Crippen molar-refractivity contribution in [3.05, 3.63) is 41.5 Å². The molecule has 1 heterocycles. The van der Waals surface area contributed by atoms with Crippen LogP contribution in [0.4, 0.5) is 11.5 Å². The monoisotopic (exact) mass is 245 g/mol. The van der Waals surface area contributed by atoms with E-state index in [0.29, 0.717) is 11.5 Å². The summed E-state index contributed by atoms with van der Waals surface area (Å²) in [5.41, 5.74) is 14.3. The second-order valence-corrected chi connectivity index (χ2v) is 5.06. The minimum absolute atomic E-state index is 0.389. The zero-order chi connectivity index (χ0) is 12.4. The molecule has 0 aliphatic heterocycles. The van der Waals surface area contributed by atoms with Crippen LogP contribution in [-0.4, -0.2) is 4.98 Å². The van der Waals surface area contributed by atoms with Crippen molar-refractivity contribution < 1.29 is 0 Å². The van der Waals surface area contributed by atoms with E-state index in [9.17, 15) is 0 Å². The van der Waals surface area contributed by atoms with Gasteiger partial charge in [0.25, 0.3) is 0 Å². The van der Waals surface area contributed by atoms with Gasteiger partial charge in [0, 0.05) is 4.90 Å². The summed E-state index contributed by atoms with van der Waals surface area (Å²) in [4.78, 5) is 5.45. The first kappa shape index (κ1) is 11.8. The Bertz CT molecular complexity index is 552. The van der Waals surface area contributed by atoms with Crippen molar-refractivity contribution >= 4 is 23.3 Å². The lowest BCUT2D eigenvalue weighted by molar-refractivity contribution is 1.14. The van der Waals surface area contributed by atoms with Gasteiger partial charge in [0.15, 0.2) is 0 Å². The smallest absolute Gasteiger partial charge is 0.147 e. The number of pyridine rings is 1. The van der Waals surface area contributed by atoms with Gasteiger partial charge in [-0.3, -0.25) is 0 Å². The minimum Gasteiger partial charge on any atom is -0.396 e. The summed E-state index contributed by atoms with van der Waals surface area (Å²) < 4.78 is 0. The minimum atomic E-state index is 0.389. The first-order valence-corrected chi connectivity index (χ1v) is 6.15. The lowest BCUT2D eigenvalue weighted by atomic mass is 10.2. The van der Waals surface area contributed by atoms with E-state index < -0.39 is 0 Å². The lowest BCUT2D eigenvalue weighted by Gasteiger charge is -2.07. The Kier molecular flexibility index (Phi) is 3.24. The van der Waals surface area contributed by atoms with Crippen molar-refractivity contribution in [3.8, 4) is 0 Å². The number of nitrogens with zero attached hydrogens (tertiary/aromatic N) is 1. The molecule has 1 aromatic carbocycles. The van der Waals surface area contributed by atoms with Crippen LogP contribution in [0.1, 0.15) is 11.1 Å². The van der Waals surface area contributed by atoms with E-state index in [-0.39, 0.29) is 0 Å². The fraction of sp³-hybridized carbons (Fsp3) is 0.154. The standard InChI is InChI=1S/C13H15N3S/c1-8-3-4-9(2)11(7-8)17-12-6-5-10(14)13(15)16-12/h3-7H,14H2,1-2H3,(H2,15,16). The van der Waals surface area contributed by atoms with Crippen LogP contribution in [0.3, 0.4) is 0 Å². The number of hydrogen-bond donors (Lipinski definition) is 2. The summed E-state index contributed by atoms with van der Waals surface area (Å²) in [6, 6.07) is 10.0. The van der Waals surface area contributed by atoms with Crippen LogP contribution < -0.4 is 11.5 Å². The Morgan fingerprint density at radius 1 is 1.06 bits per heavy atom. The average molecular weight is 245 g/mol. The molecule has 2 rings (SSSR count). The third kappa shape index (κ3) is 2.71. The molecule has 0 unspecified atom stereocenters. The van der Waals surface area contributed by atoms with Gasteiger partial charge in [-0.2, -0.15) is 0 Å². The highest BCUT2D eigenvalue weighted by Gasteiger charge is 2.04.